The van der Waals surface area contributed by atoms with E-state index < -0.39 is 5.60 Å². The van der Waals surface area contributed by atoms with E-state index in [-0.39, 0.29) is 17.9 Å². The Labute approximate surface area is 182 Å². The molecule has 0 aliphatic carbocycles. The highest BCUT2D eigenvalue weighted by molar-refractivity contribution is 7.14. The van der Waals surface area contributed by atoms with Crippen LogP contribution in [0, 0.1) is 5.92 Å². The molecule has 0 unspecified atom stereocenters. The van der Waals surface area contributed by atoms with E-state index in [4.69, 9.17) is 4.74 Å². The second-order valence-corrected chi connectivity index (χ2v) is 9.39. The zero-order valence-corrected chi connectivity index (χ0v) is 18.9. The summed E-state index contributed by atoms with van der Waals surface area (Å²) in [6.07, 6.45) is 1.59. The highest BCUT2D eigenvalue weighted by Gasteiger charge is 2.28. The lowest BCUT2D eigenvalue weighted by Crippen LogP contribution is -2.45. The van der Waals surface area contributed by atoms with Crippen molar-refractivity contribution in [3.05, 3.63) is 41.4 Å². The van der Waals surface area contributed by atoms with Gasteiger partial charge in [-0.2, -0.15) is 0 Å². The lowest BCUT2D eigenvalue weighted by atomic mass is 9.98. The van der Waals surface area contributed by atoms with Crippen LogP contribution in [0.2, 0.25) is 0 Å². The molecule has 1 fully saturated rings. The van der Waals surface area contributed by atoms with Gasteiger partial charge in [-0.25, -0.2) is 9.78 Å². The Bertz CT molecular complexity index is 863. The molecule has 3 rings (SSSR count). The third kappa shape index (κ3) is 5.95. The maximum Gasteiger partial charge on any atom is 0.410 e. The molecule has 1 aliphatic rings. The van der Waals surface area contributed by atoms with Crippen molar-refractivity contribution in [2.75, 3.05) is 31.6 Å². The highest BCUT2D eigenvalue weighted by atomic mass is 32.1. The number of para-hydroxylation sites is 1. The van der Waals surface area contributed by atoms with Crippen molar-refractivity contribution in [3.63, 3.8) is 0 Å². The van der Waals surface area contributed by atoms with Gasteiger partial charge in [0, 0.05) is 37.7 Å². The number of nitrogens with one attached hydrogen (secondary N) is 1. The molecule has 1 N–H and O–H groups in total. The van der Waals surface area contributed by atoms with Gasteiger partial charge in [0.05, 0.1) is 0 Å². The van der Waals surface area contributed by atoms with Gasteiger partial charge in [-0.1, -0.05) is 18.2 Å². The molecular formula is C22H30N4O3S. The first kappa shape index (κ1) is 22.1. The average Bonchev–Trinajstić information content (AvgIpc) is 3.21. The molecule has 2 amide bonds. The van der Waals surface area contributed by atoms with Gasteiger partial charge in [-0.3, -0.25) is 4.79 Å². The van der Waals surface area contributed by atoms with Crippen LogP contribution in [-0.4, -0.2) is 54.2 Å². The standard InChI is InChI=1S/C22H30N4O3S/c1-22(2,3)29-21(28)26-12-8-9-16(14-26)13-23-19(27)18-15-30-20(24-18)25(4)17-10-6-5-7-11-17/h5-7,10-11,15-16H,8-9,12-14H2,1-4H3,(H,23,27)/t16-/m0/s1. The topological polar surface area (TPSA) is 74.8 Å². The summed E-state index contributed by atoms with van der Waals surface area (Å²) in [6.45, 7) is 7.39. The molecule has 30 heavy (non-hydrogen) atoms. The zero-order chi connectivity index (χ0) is 21.7. The van der Waals surface area contributed by atoms with Crippen LogP contribution >= 0.6 is 11.3 Å². The van der Waals surface area contributed by atoms with Crippen molar-refractivity contribution < 1.29 is 14.3 Å². The number of thiazole rings is 1. The van der Waals surface area contributed by atoms with Gasteiger partial charge in [-0.15, -0.1) is 11.3 Å². The van der Waals surface area contributed by atoms with Crippen molar-refractivity contribution in [2.45, 2.75) is 39.2 Å². The van der Waals surface area contributed by atoms with E-state index >= 15 is 0 Å². The van der Waals surface area contributed by atoms with Crippen molar-refractivity contribution >= 4 is 34.2 Å². The first-order valence-electron chi connectivity index (χ1n) is 10.2. The molecule has 0 radical (unpaired) electrons. The molecule has 162 valence electrons. The smallest absolute Gasteiger partial charge is 0.410 e. The van der Waals surface area contributed by atoms with E-state index in [0.29, 0.717) is 25.3 Å². The first-order valence-corrected chi connectivity index (χ1v) is 11.1. The van der Waals surface area contributed by atoms with Gasteiger partial charge in [0.15, 0.2) is 5.13 Å². The number of hydrogen-bond donors (Lipinski definition) is 1. The van der Waals surface area contributed by atoms with Crippen molar-refractivity contribution in [1.82, 2.24) is 15.2 Å². The number of benzene rings is 1. The third-order valence-electron chi connectivity index (χ3n) is 4.88. The number of likely N-dealkylation sites (tertiary alicyclic amines) is 1. The number of amides is 2. The predicted octanol–water partition coefficient (Wildman–Crippen LogP) is 4.29. The predicted molar refractivity (Wildman–Crippen MR) is 119 cm³/mol. The molecule has 7 nitrogen and oxygen atoms in total. The van der Waals surface area contributed by atoms with Crippen LogP contribution in [0.25, 0.3) is 0 Å². The largest absolute Gasteiger partial charge is 0.444 e. The summed E-state index contributed by atoms with van der Waals surface area (Å²) < 4.78 is 5.47. The molecule has 2 heterocycles. The van der Waals surface area contributed by atoms with Gasteiger partial charge >= 0.3 is 6.09 Å². The van der Waals surface area contributed by atoms with Crippen molar-refractivity contribution in [1.29, 1.82) is 0 Å². The van der Waals surface area contributed by atoms with E-state index in [1.807, 2.05) is 63.1 Å². The molecule has 1 saturated heterocycles. The van der Waals surface area contributed by atoms with Gasteiger partial charge in [0.25, 0.3) is 5.91 Å². The molecule has 1 aromatic carbocycles. The normalized spacial score (nSPS) is 16.8. The lowest BCUT2D eigenvalue weighted by Gasteiger charge is -2.34. The van der Waals surface area contributed by atoms with Gasteiger partial charge in [0.2, 0.25) is 0 Å². The van der Waals surface area contributed by atoms with Crippen LogP contribution in [0.1, 0.15) is 44.1 Å². The van der Waals surface area contributed by atoms with Crippen molar-refractivity contribution in [2.24, 2.45) is 5.92 Å². The molecule has 1 aliphatic heterocycles. The Balaban J connectivity index is 1.52. The summed E-state index contributed by atoms with van der Waals surface area (Å²) in [7, 11) is 1.93. The molecule has 1 atom stereocenters. The van der Waals surface area contributed by atoms with E-state index in [2.05, 4.69) is 10.3 Å². The fourth-order valence-corrected chi connectivity index (χ4v) is 4.13. The number of aromatic nitrogens is 1. The van der Waals surface area contributed by atoms with Crippen LogP contribution in [0.3, 0.4) is 0 Å². The fraction of sp³-hybridized carbons (Fsp3) is 0.500. The summed E-state index contributed by atoms with van der Waals surface area (Å²) in [5, 5.41) is 5.52. The second-order valence-electron chi connectivity index (χ2n) is 8.55. The van der Waals surface area contributed by atoms with E-state index in [1.165, 1.54) is 11.3 Å². The molecule has 8 heteroatoms. The van der Waals surface area contributed by atoms with Crippen LogP contribution < -0.4 is 10.2 Å². The zero-order valence-electron chi connectivity index (χ0n) is 18.1. The molecule has 0 saturated carbocycles. The van der Waals surface area contributed by atoms with Gasteiger partial charge in [-0.05, 0) is 51.7 Å². The summed E-state index contributed by atoms with van der Waals surface area (Å²) in [5.41, 5.74) is 0.925. The maximum absolute atomic E-state index is 12.6. The minimum atomic E-state index is -0.506. The number of hydrogen-bond acceptors (Lipinski definition) is 6. The first-order chi connectivity index (χ1) is 14.2. The number of nitrogens with zero attached hydrogens (tertiary/aromatic N) is 3. The monoisotopic (exact) mass is 430 g/mol. The maximum atomic E-state index is 12.6. The van der Waals surface area contributed by atoms with E-state index in [9.17, 15) is 9.59 Å². The van der Waals surface area contributed by atoms with Crippen LogP contribution in [0.15, 0.2) is 35.7 Å². The summed E-state index contributed by atoms with van der Waals surface area (Å²) in [4.78, 5) is 33.1. The molecule has 1 aromatic heterocycles. The van der Waals surface area contributed by atoms with Gasteiger partial charge < -0.3 is 19.9 Å². The molecule has 0 spiro atoms. The molecular weight excluding hydrogens is 400 g/mol. The third-order valence-corrected chi connectivity index (χ3v) is 5.79. The molecule has 2 aromatic rings. The van der Waals surface area contributed by atoms with Gasteiger partial charge in [0.1, 0.15) is 11.3 Å². The number of carbonyl (C=O) groups excluding carboxylic acids is 2. The Morgan fingerprint density at radius 2 is 2.03 bits per heavy atom. The lowest BCUT2D eigenvalue weighted by molar-refractivity contribution is 0.0167. The number of ether oxygens (including phenoxy) is 1. The average molecular weight is 431 g/mol. The fourth-order valence-electron chi connectivity index (χ4n) is 3.34. The Morgan fingerprint density at radius 1 is 1.30 bits per heavy atom. The Hall–Kier alpha value is -2.61. The van der Waals surface area contributed by atoms with E-state index in [1.54, 1.807) is 10.3 Å². The SMILES string of the molecule is CN(c1ccccc1)c1nc(C(=O)NC[C@@H]2CCCN(C(=O)OC(C)(C)C)C2)cs1. The summed E-state index contributed by atoms with van der Waals surface area (Å²) in [6, 6.07) is 9.91. The number of anilines is 2. The van der Waals surface area contributed by atoms with Crippen LogP contribution in [0.4, 0.5) is 15.6 Å². The van der Waals surface area contributed by atoms with Crippen LogP contribution in [-0.2, 0) is 4.74 Å². The quantitative estimate of drug-likeness (QED) is 0.766. The molecule has 0 bridgehead atoms. The Kier molecular flexibility index (Phi) is 6.97. The summed E-state index contributed by atoms with van der Waals surface area (Å²) in [5.74, 6) is 0.0219. The number of rotatable bonds is 5. The minimum absolute atomic E-state index is 0.187. The highest BCUT2D eigenvalue weighted by Crippen LogP contribution is 2.26. The van der Waals surface area contributed by atoms with Crippen molar-refractivity contribution in [3.8, 4) is 0 Å². The number of piperidine rings is 1. The van der Waals surface area contributed by atoms with E-state index in [0.717, 1.165) is 23.7 Å². The minimum Gasteiger partial charge on any atom is -0.444 e. The second kappa shape index (κ2) is 9.47. The van der Waals surface area contributed by atoms with Crippen LogP contribution in [0.5, 0.6) is 0 Å². The Morgan fingerprint density at radius 3 is 2.73 bits per heavy atom. The number of carbonyl (C=O) groups is 2. The summed E-state index contributed by atoms with van der Waals surface area (Å²) >= 11 is 1.44.